The van der Waals surface area contributed by atoms with Gasteiger partial charge in [0, 0.05) is 10.2 Å². The van der Waals surface area contributed by atoms with E-state index in [1.54, 1.807) is 0 Å². The van der Waals surface area contributed by atoms with Gasteiger partial charge in [-0.15, -0.1) is 12.4 Å². The summed E-state index contributed by atoms with van der Waals surface area (Å²) in [6, 6.07) is 4.26. The Morgan fingerprint density at radius 3 is 2.46 bits per heavy atom. The fraction of sp³-hybridized carbons (Fsp3) is 0.143. The second kappa shape index (κ2) is 5.24. The molecule has 1 rings (SSSR count). The normalized spacial score (nSPS) is 9.54. The van der Waals surface area contributed by atoms with Crippen LogP contribution in [0.5, 0.6) is 5.75 Å². The molecule has 0 spiro atoms. The number of benzene rings is 1. The summed E-state index contributed by atoms with van der Waals surface area (Å²) in [7, 11) is 0. The van der Waals surface area contributed by atoms with E-state index in [0.717, 1.165) is 0 Å². The molecular formula is C7H7BrClF2NO. The maximum absolute atomic E-state index is 11.7. The van der Waals surface area contributed by atoms with Crippen molar-refractivity contribution in [3.05, 3.63) is 22.7 Å². The standard InChI is InChI=1S/C7H6BrF2NO.ClH/c8-5-3-4(12-7(9)10)1-2-6(5)11;/h1-3,7H,11H2;1H. The quantitative estimate of drug-likeness (QED) is 0.841. The van der Waals surface area contributed by atoms with Crippen LogP contribution in [-0.2, 0) is 0 Å². The summed E-state index contributed by atoms with van der Waals surface area (Å²) in [5.41, 5.74) is 5.91. The van der Waals surface area contributed by atoms with Gasteiger partial charge in [-0.25, -0.2) is 0 Å². The first-order valence-electron chi connectivity index (χ1n) is 3.09. The van der Waals surface area contributed by atoms with E-state index >= 15 is 0 Å². The molecule has 0 radical (unpaired) electrons. The maximum Gasteiger partial charge on any atom is 0.387 e. The third kappa shape index (κ3) is 3.78. The summed E-state index contributed by atoms with van der Waals surface area (Å²) < 4.78 is 28.0. The van der Waals surface area contributed by atoms with E-state index in [0.29, 0.717) is 10.2 Å². The molecule has 1 aromatic carbocycles. The minimum absolute atomic E-state index is 0. The molecule has 0 heterocycles. The number of halogens is 4. The van der Waals surface area contributed by atoms with Crippen molar-refractivity contribution in [1.29, 1.82) is 0 Å². The molecule has 0 aliphatic carbocycles. The maximum atomic E-state index is 11.7. The summed E-state index contributed by atoms with van der Waals surface area (Å²) in [4.78, 5) is 0. The van der Waals surface area contributed by atoms with Gasteiger partial charge < -0.3 is 10.5 Å². The highest BCUT2D eigenvalue weighted by Crippen LogP contribution is 2.25. The van der Waals surface area contributed by atoms with Gasteiger partial charge in [-0.05, 0) is 34.1 Å². The lowest BCUT2D eigenvalue weighted by Gasteiger charge is -2.05. The van der Waals surface area contributed by atoms with E-state index in [1.165, 1.54) is 18.2 Å². The van der Waals surface area contributed by atoms with Crippen LogP contribution < -0.4 is 10.5 Å². The van der Waals surface area contributed by atoms with Crippen molar-refractivity contribution < 1.29 is 13.5 Å². The largest absolute Gasteiger partial charge is 0.435 e. The van der Waals surface area contributed by atoms with E-state index < -0.39 is 6.61 Å². The Morgan fingerprint density at radius 2 is 2.00 bits per heavy atom. The molecule has 0 bridgehead atoms. The first kappa shape index (κ1) is 12.4. The van der Waals surface area contributed by atoms with Crippen molar-refractivity contribution in [3.63, 3.8) is 0 Å². The average molecular weight is 274 g/mol. The van der Waals surface area contributed by atoms with Crippen LogP contribution in [0.2, 0.25) is 0 Å². The topological polar surface area (TPSA) is 35.2 Å². The van der Waals surface area contributed by atoms with Crippen LogP contribution in [0.15, 0.2) is 22.7 Å². The van der Waals surface area contributed by atoms with Crippen LogP contribution in [0.1, 0.15) is 0 Å². The zero-order chi connectivity index (χ0) is 9.14. The Balaban J connectivity index is 0.00000144. The van der Waals surface area contributed by atoms with E-state index in [1.807, 2.05) is 0 Å². The lowest BCUT2D eigenvalue weighted by molar-refractivity contribution is -0.0498. The predicted octanol–water partition coefficient (Wildman–Crippen LogP) is 3.05. The molecule has 0 amide bonds. The molecule has 0 aliphatic heterocycles. The van der Waals surface area contributed by atoms with Crippen molar-refractivity contribution in [2.45, 2.75) is 6.61 Å². The van der Waals surface area contributed by atoms with Crippen LogP contribution in [0, 0.1) is 0 Å². The molecule has 0 aliphatic rings. The van der Waals surface area contributed by atoms with Gasteiger partial charge in [0.1, 0.15) is 5.75 Å². The monoisotopic (exact) mass is 273 g/mol. The molecule has 0 saturated heterocycles. The zero-order valence-corrected chi connectivity index (χ0v) is 8.74. The van der Waals surface area contributed by atoms with Gasteiger partial charge in [0.05, 0.1) is 0 Å². The molecular weight excluding hydrogens is 267 g/mol. The molecule has 6 heteroatoms. The lowest BCUT2D eigenvalue weighted by atomic mass is 10.3. The van der Waals surface area contributed by atoms with Crippen molar-refractivity contribution in [1.82, 2.24) is 0 Å². The van der Waals surface area contributed by atoms with E-state index in [4.69, 9.17) is 5.73 Å². The fourth-order valence-corrected chi connectivity index (χ4v) is 1.04. The van der Waals surface area contributed by atoms with Crippen molar-refractivity contribution in [2.75, 3.05) is 5.73 Å². The van der Waals surface area contributed by atoms with Gasteiger partial charge >= 0.3 is 6.61 Å². The van der Waals surface area contributed by atoms with Gasteiger partial charge in [0.25, 0.3) is 0 Å². The molecule has 1 aromatic rings. The molecule has 0 atom stereocenters. The molecule has 0 unspecified atom stereocenters. The Labute approximate surface area is 88.6 Å². The Bertz CT molecular complexity index is 285. The van der Waals surface area contributed by atoms with Crippen LogP contribution in [0.4, 0.5) is 14.5 Å². The number of ether oxygens (including phenoxy) is 1. The summed E-state index contributed by atoms with van der Waals surface area (Å²) in [6.45, 7) is -2.81. The fourth-order valence-electron chi connectivity index (χ4n) is 0.684. The molecule has 2 nitrogen and oxygen atoms in total. The van der Waals surface area contributed by atoms with E-state index in [9.17, 15) is 8.78 Å². The summed E-state index contributed by atoms with van der Waals surface area (Å²) in [5.74, 6) is 0.0890. The second-order valence-corrected chi connectivity index (χ2v) is 2.92. The van der Waals surface area contributed by atoms with E-state index in [-0.39, 0.29) is 18.2 Å². The lowest BCUT2D eigenvalue weighted by Crippen LogP contribution is -2.01. The highest BCUT2D eigenvalue weighted by atomic mass is 79.9. The molecule has 2 N–H and O–H groups in total. The minimum atomic E-state index is -2.81. The van der Waals surface area contributed by atoms with Gasteiger partial charge in [-0.3, -0.25) is 0 Å². The molecule has 0 fully saturated rings. The Morgan fingerprint density at radius 1 is 1.38 bits per heavy atom. The van der Waals surface area contributed by atoms with Crippen molar-refractivity contribution >= 4 is 34.0 Å². The Kier molecular flexibility index (Phi) is 5.02. The first-order valence-corrected chi connectivity index (χ1v) is 3.88. The smallest absolute Gasteiger partial charge is 0.387 e. The third-order valence-electron chi connectivity index (χ3n) is 1.20. The number of rotatable bonds is 2. The van der Waals surface area contributed by atoms with Gasteiger partial charge in [0.2, 0.25) is 0 Å². The van der Waals surface area contributed by atoms with Gasteiger partial charge in [0.15, 0.2) is 0 Å². The predicted molar refractivity (Wildman–Crippen MR) is 52.4 cm³/mol. The number of hydrogen-bond donors (Lipinski definition) is 1. The highest BCUT2D eigenvalue weighted by molar-refractivity contribution is 9.10. The van der Waals surface area contributed by atoms with Crippen LogP contribution in [-0.4, -0.2) is 6.61 Å². The van der Waals surface area contributed by atoms with Crippen LogP contribution in [0.3, 0.4) is 0 Å². The number of anilines is 1. The molecule has 0 saturated carbocycles. The minimum Gasteiger partial charge on any atom is -0.435 e. The first-order chi connectivity index (χ1) is 5.59. The number of nitrogens with two attached hydrogens (primary N) is 1. The molecule has 0 aromatic heterocycles. The van der Waals surface area contributed by atoms with Crippen LogP contribution in [0.25, 0.3) is 0 Å². The molecule has 13 heavy (non-hydrogen) atoms. The highest BCUT2D eigenvalue weighted by Gasteiger charge is 2.04. The average Bonchev–Trinajstić information content (AvgIpc) is 1.96. The zero-order valence-electron chi connectivity index (χ0n) is 6.34. The van der Waals surface area contributed by atoms with Crippen molar-refractivity contribution in [2.24, 2.45) is 0 Å². The summed E-state index contributed by atoms with van der Waals surface area (Å²) in [5, 5.41) is 0. The van der Waals surface area contributed by atoms with Crippen molar-refractivity contribution in [3.8, 4) is 5.75 Å². The van der Waals surface area contributed by atoms with Crippen LogP contribution >= 0.6 is 28.3 Å². The number of alkyl halides is 2. The number of hydrogen-bond acceptors (Lipinski definition) is 2. The summed E-state index contributed by atoms with van der Waals surface area (Å²) >= 11 is 3.09. The van der Waals surface area contributed by atoms with Gasteiger partial charge in [-0.1, -0.05) is 0 Å². The summed E-state index contributed by atoms with van der Waals surface area (Å²) in [6.07, 6.45) is 0. The van der Waals surface area contributed by atoms with E-state index in [2.05, 4.69) is 20.7 Å². The SMILES string of the molecule is Cl.Nc1ccc(OC(F)F)cc1Br. The number of nitrogen functional groups attached to an aromatic ring is 1. The third-order valence-corrected chi connectivity index (χ3v) is 1.88. The Hall–Kier alpha value is -0.550. The second-order valence-electron chi connectivity index (χ2n) is 2.06. The van der Waals surface area contributed by atoms with Gasteiger partial charge in [-0.2, -0.15) is 8.78 Å². The molecule has 74 valence electrons.